The van der Waals surface area contributed by atoms with Crippen molar-refractivity contribution in [1.29, 1.82) is 0 Å². The van der Waals surface area contributed by atoms with Crippen molar-refractivity contribution in [2.75, 3.05) is 46.4 Å². The molecule has 0 saturated carbocycles. The Balaban J connectivity index is 1.43. The molecule has 0 radical (unpaired) electrons. The van der Waals surface area contributed by atoms with Crippen molar-refractivity contribution in [2.45, 2.75) is 51.1 Å². The summed E-state index contributed by atoms with van der Waals surface area (Å²) in [5, 5.41) is 6.86. The van der Waals surface area contributed by atoms with Crippen LogP contribution in [0.15, 0.2) is 64.4 Å². The number of hydrogen-bond donors (Lipinski definition) is 2. The summed E-state index contributed by atoms with van der Waals surface area (Å²) in [6, 6.07) is 6.15. The van der Waals surface area contributed by atoms with E-state index in [0.717, 1.165) is 56.3 Å². The monoisotopic (exact) mass is 604 g/mol. The van der Waals surface area contributed by atoms with Crippen LogP contribution in [0.2, 0.25) is 5.02 Å². The molecule has 1 atom stereocenters. The quantitative estimate of drug-likeness (QED) is 0.440. The number of nitrogens with one attached hydrogen (secondary N) is 2. The molecule has 0 bridgehead atoms. The van der Waals surface area contributed by atoms with Crippen molar-refractivity contribution >= 4 is 46.6 Å². The second-order valence-electron chi connectivity index (χ2n) is 11.4. The van der Waals surface area contributed by atoms with Crippen LogP contribution < -0.4 is 10.6 Å². The van der Waals surface area contributed by atoms with Crippen molar-refractivity contribution in [2.24, 2.45) is 9.98 Å². The molecular formula is C33H41ClN6O3. The minimum atomic E-state index is -0.343. The van der Waals surface area contributed by atoms with Crippen LogP contribution in [0.1, 0.15) is 50.2 Å². The molecule has 4 aliphatic heterocycles. The molecule has 10 heteroatoms. The molecular weight excluding hydrogens is 564 g/mol. The summed E-state index contributed by atoms with van der Waals surface area (Å²) >= 11 is 6.81. The number of benzene rings is 1. The third kappa shape index (κ3) is 7.52. The summed E-state index contributed by atoms with van der Waals surface area (Å²) in [4.78, 5) is 40.3. The first kappa shape index (κ1) is 30.9. The van der Waals surface area contributed by atoms with Crippen LogP contribution in [-0.4, -0.2) is 92.2 Å². The highest BCUT2D eigenvalue weighted by molar-refractivity contribution is 6.38. The Morgan fingerprint density at radius 3 is 2.77 bits per heavy atom. The van der Waals surface area contributed by atoms with Gasteiger partial charge in [-0.15, -0.1) is 0 Å². The molecule has 4 aliphatic rings. The number of carbonyl (C=O) groups excluding carboxylic acids is 2. The third-order valence-corrected chi connectivity index (χ3v) is 8.70. The molecule has 0 aromatic heterocycles. The van der Waals surface area contributed by atoms with Crippen LogP contribution in [0.25, 0.3) is 11.1 Å². The number of rotatable bonds is 9. The number of likely N-dealkylation sites (tertiary alicyclic amines) is 1. The normalized spacial score (nSPS) is 23.5. The van der Waals surface area contributed by atoms with E-state index in [9.17, 15) is 9.59 Å². The van der Waals surface area contributed by atoms with Crippen LogP contribution >= 0.6 is 11.6 Å². The molecule has 0 spiro atoms. The Morgan fingerprint density at radius 2 is 2.09 bits per heavy atom. The molecule has 2 N–H and O–H groups in total. The fraction of sp³-hybridized carbons (Fsp3) is 0.455. The van der Waals surface area contributed by atoms with Gasteiger partial charge in [-0.1, -0.05) is 42.5 Å². The van der Waals surface area contributed by atoms with Gasteiger partial charge in [-0.05, 0) is 75.9 Å². The molecule has 2 saturated heterocycles. The van der Waals surface area contributed by atoms with E-state index in [1.54, 1.807) is 6.08 Å². The van der Waals surface area contributed by atoms with Crippen LogP contribution in [0.4, 0.5) is 0 Å². The molecule has 2 fully saturated rings. The number of amides is 2. The summed E-state index contributed by atoms with van der Waals surface area (Å²) < 4.78 is 5.47. The van der Waals surface area contributed by atoms with E-state index in [-0.39, 0.29) is 24.4 Å². The molecule has 228 valence electrons. The lowest BCUT2D eigenvalue weighted by Gasteiger charge is -2.31. The van der Waals surface area contributed by atoms with Gasteiger partial charge in [-0.3, -0.25) is 19.5 Å². The van der Waals surface area contributed by atoms with Crippen LogP contribution in [0.3, 0.4) is 0 Å². The standard InChI is InChI=1S/C33H41ClN6O3/c1-4-23-17-29(28-10-9-24(18-30(28)34)25-7-5-13-35-19-25)33(42)40(21-31(41)36-20-27-8-6-14-39(27)3)32(23)38-22(2)37-26-11-15-43-16-12-26/h4,7,9-10,17-19,26-27,37H,2,5-6,8,11-16,20-21H2,1,3H3,(H,36,41)/b23-4-,38-32+. The summed E-state index contributed by atoms with van der Waals surface area (Å²) in [6.45, 7) is 9.53. The summed E-state index contributed by atoms with van der Waals surface area (Å²) in [5.74, 6) is 0.231. The molecule has 1 unspecified atom stereocenters. The van der Waals surface area contributed by atoms with E-state index in [2.05, 4.69) is 40.2 Å². The number of nitrogens with zero attached hydrogens (tertiary/aromatic N) is 4. The topological polar surface area (TPSA) is 98.6 Å². The van der Waals surface area contributed by atoms with Crippen molar-refractivity contribution in [3.8, 4) is 0 Å². The van der Waals surface area contributed by atoms with Gasteiger partial charge in [0.1, 0.15) is 18.2 Å². The van der Waals surface area contributed by atoms with E-state index in [1.807, 2.05) is 37.4 Å². The van der Waals surface area contributed by atoms with Gasteiger partial charge in [-0.25, -0.2) is 4.99 Å². The molecule has 4 heterocycles. The van der Waals surface area contributed by atoms with Gasteiger partial charge in [-0.2, -0.15) is 0 Å². The van der Waals surface area contributed by atoms with E-state index >= 15 is 0 Å². The van der Waals surface area contributed by atoms with Gasteiger partial charge in [0.25, 0.3) is 5.91 Å². The lowest BCUT2D eigenvalue weighted by molar-refractivity contribution is -0.128. The number of carbonyl (C=O) groups is 2. The van der Waals surface area contributed by atoms with Crippen molar-refractivity contribution in [3.05, 3.63) is 70.5 Å². The molecule has 0 aliphatic carbocycles. The Bertz CT molecular complexity index is 1400. The number of likely N-dealkylation sites (N-methyl/N-ethyl adjacent to an activating group) is 1. The van der Waals surface area contributed by atoms with Crippen molar-refractivity contribution in [1.82, 2.24) is 20.4 Å². The average Bonchev–Trinajstić information content (AvgIpc) is 3.43. The fourth-order valence-corrected chi connectivity index (χ4v) is 6.16. The van der Waals surface area contributed by atoms with E-state index in [4.69, 9.17) is 21.3 Å². The van der Waals surface area contributed by atoms with E-state index in [0.29, 0.717) is 59.2 Å². The molecule has 1 aromatic carbocycles. The van der Waals surface area contributed by atoms with Crippen LogP contribution in [-0.2, 0) is 14.3 Å². The SMILES string of the molecule is C=C(/N=C1\C(=C/C)C=C(c2ccc(C3=CCCN=C3)cc2Cl)C(=O)N1CC(=O)NCC1CCCN1C)NC1CCOCC1. The zero-order valence-corrected chi connectivity index (χ0v) is 25.8. The smallest absolute Gasteiger partial charge is 0.260 e. The maximum atomic E-state index is 14.2. The maximum absolute atomic E-state index is 14.2. The second-order valence-corrected chi connectivity index (χ2v) is 11.8. The van der Waals surface area contributed by atoms with Gasteiger partial charge >= 0.3 is 0 Å². The highest BCUT2D eigenvalue weighted by Gasteiger charge is 2.34. The highest BCUT2D eigenvalue weighted by atomic mass is 35.5. The summed E-state index contributed by atoms with van der Waals surface area (Å²) in [7, 11) is 2.07. The number of aliphatic imine (C=N–C) groups is 2. The lowest BCUT2D eigenvalue weighted by atomic mass is 9.94. The molecule has 9 nitrogen and oxygen atoms in total. The molecule has 2 amide bonds. The van der Waals surface area contributed by atoms with E-state index < -0.39 is 0 Å². The number of dihydropyridines is 1. The van der Waals surface area contributed by atoms with Crippen molar-refractivity contribution in [3.63, 3.8) is 0 Å². The number of amidine groups is 1. The first-order valence-electron chi connectivity index (χ1n) is 15.1. The van der Waals surface area contributed by atoms with Gasteiger partial charge < -0.3 is 20.3 Å². The summed E-state index contributed by atoms with van der Waals surface area (Å²) in [5.41, 5.74) is 3.66. The predicted octanol–water partition coefficient (Wildman–Crippen LogP) is 4.22. The molecule has 5 rings (SSSR count). The van der Waals surface area contributed by atoms with Gasteiger partial charge in [0, 0.05) is 66.3 Å². The number of ether oxygens (including phenoxy) is 1. The van der Waals surface area contributed by atoms with Gasteiger partial charge in [0.15, 0.2) is 0 Å². The first-order valence-corrected chi connectivity index (χ1v) is 15.5. The number of halogens is 1. The second kappa shape index (κ2) is 14.3. The molecule has 1 aromatic rings. The van der Waals surface area contributed by atoms with Crippen molar-refractivity contribution < 1.29 is 14.3 Å². The minimum absolute atomic E-state index is 0.174. The predicted molar refractivity (Wildman–Crippen MR) is 173 cm³/mol. The highest BCUT2D eigenvalue weighted by Crippen LogP contribution is 2.33. The minimum Gasteiger partial charge on any atom is -0.381 e. The van der Waals surface area contributed by atoms with Gasteiger partial charge in [0.05, 0.1) is 0 Å². The Morgan fingerprint density at radius 1 is 1.28 bits per heavy atom. The Labute approximate surface area is 259 Å². The zero-order chi connectivity index (χ0) is 30.3. The van der Waals surface area contributed by atoms with Gasteiger partial charge in [0.2, 0.25) is 5.91 Å². The third-order valence-electron chi connectivity index (χ3n) is 8.39. The number of allylic oxidation sites excluding steroid dienone is 2. The Kier molecular flexibility index (Phi) is 10.3. The first-order chi connectivity index (χ1) is 20.8. The summed E-state index contributed by atoms with van der Waals surface area (Å²) in [6.07, 6.45) is 12.4. The zero-order valence-electron chi connectivity index (χ0n) is 25.1. The van der Waals surface area contributed by atoms with Crippen LogP contribution in [0, 0.1) is 0 Å². The van der Waals surface area contributed by atoms with Crippen LogP contribution in [0.5, 0.6) is 0 Å². The van der Waals surface area contributed by atoms with E-state index in [1.165, 1.54) is 4.90 Å². The average molecular weight is 605 g/mol. The number of hydrogen-bond acceptors (Lipinski definition) is 7. The largest absolute Gasteiger partial charge is 0.381 e. The fourth-order valence-electron chi connectivity index (χ4n) is 5.88. The maximum Gasteiger partial charge on any atom is 0.260 e. The molecule has 43 heavy (non-hydrogen) atoms. The Hall–Kier alpha value is -3.53. The lowest BCUT2D eigenvalue weighted by Crippen LogP contribution is -2.48.